The average Bonchev–Trinajstić information content (AvgIpc) is 2.95. The molecule has 2 aromatic heterocycles. The molecule has 0 aliphatic rings. The third-order valence-corrected chi connectivity index (χ3v) is 3.72. The number of fused-ring (bicyclic) bond motifs is 1. The van der Waals surface area contributed by atoms with E-state index in [4.69, 9.17) is 0 Å². The van der Waals surface area contributed by atoms with E-state index < -0.39 is 23.6 Å². The van der Waals surface area contributed by atoms with E-state index in [0.717, 1.165) is 30.3 Å². The van der Waals surface area contributed by atoms with Gasteiger partial charge in [-0.25, -0.2) is 9.50 Å². The van der Waals surface area contributed by atoms with Crippen LogP contribution in [0.5, 0.6) is 0 Å². The summed E-state index contributed by atoms with van der Waals surface area (Å²) in [4.78, 5) is 4.16. The molecular formula is C16H11F6N3. The van der Waals surface area contributed by atoms with E-state index in [-0.39, 0.29) is 16.9 Å². The third kappa shape index (κ3) is 3.18. The summed E-state index contributed by atoms with van der Waals surface area (Å²) >= 11 is 0. The molecule has 0 radical (unpaired) electrons. The number of hydrogen-bond acceptors (Lipinski definition) is 2. The van der Waals surface area contributed by atoms with Gasteiger partial charge in [0, 0.05) is 11.1 Å². The number of alkyl halides is 6. The zero-order valence-corrected chi connectivity index (χ0v) is 12.8. The van der Waals surface area contributed by atoms with Gasteiger partial charge in [0.1, 0.15) is 0 Å². The number of rotatable bonds is 2. The molecule has 0 aliphatic carbocycles. The summed E-state index contributed by atoms with van der Waals surface area (Å²) in [6, 6.07) is 4.60. The molecule has 132 valence electrons. The molecule has 1 aromatic carbocycles. The van der Waals surface area contributed by atoms with Crippen LogP contribution in [-0.4, -0.2) is 14.6 Å². The fourth-order valence-corrected chi connectivity index (χ4v) is 2.44. The van der Waals surface area contributed by atoms with Gasteiger partial charge in [0.25, 0.3) is 0 Å². The van der Waals surface area contributed by atoms with Crippen molar-refractivity contribution >= 4 is 5.65 Å². The van der Waals surface area contributed by atoms with E-state index in [2.05, 4.69) is 10.1 Å². The van der Waals surface area contributed by atoms with Crippen molar-refractivity contribution < 1.29 is 26.3 Å². The molecule has 0 bridgehead atoms. The molecule has 2 heterocycles. The molecule has 0 saturated heterocycles. The van der Waals surface area contributed by atoms with Crippen LogP contribution in [-0.2, 0) is 18.8 Å². The Balaban J connectivity index is 2.19. The van der Waals surface area contributed by atoms with Gasteiger partial charge >= 0.3 is 12.4 Å². The number of benzene rings is 1. The van der Waals surface area contributed by atoms with Gasteiger partial charge < -0.3 is 0 Å². The Kier molecular flexibility index (Phi) is 3.97. The zero-order valence-electron chi connectivity index (χ0n) is 12.8. The molecule has 0 atom stereocenters. The van der Waals surface area contributed by atoms with Crippen LogP contribution in [0.2, 0.25) is 0 Å². The smallest absolute Gasteiger partial charge is 0.228 e. The van der Waals surface area contributed by atoms with Gasteiger partial charge in [0.05, 0.1) is 17.5 Å². The van der Waals surface area contributed by atoms with Crippen molar-refractivity contribution in [1.29, 1.82) is 0 Å². The highest BCUT2D eigenvalue weighted by atomic mass is 19.4. The molecule has 9 heteroatoms. The predicted molar refractivity (Wildman–Crippen MR) is 77.8 cm³/mol. The highest BCUT2D eigenvalue weighted by Crippen LogP contribution is 2.34. The number of aromatic nitrogens is 3. The Morgan fingerprint density at radius 1 is 0.960 bits per heavy atom. The van der Waals surface area contributed by atoms with Gasteiger partial charge in [-0.3, -0.25) is 0 Å². The molecule has 0 aliphatic heterocycles. The minimum absolute atomic E-state index is 0.0345. The van der Waals surface area contributed by atoms with Crippen molar-refractivity contribution in [2.75, 3.05) is 0 Å². The van der Waals surface area contributed by atoms with Gasteiger partial charge in [0.2, 0.25) is 0 Å². The quantitative estimate of drug-likeness (QED) is 0.603. The molecule has 3 aromatic rings. The van der Waals surface area contributed by atoms with E-state index in [1.165, 1.54) is 6.20 Å². The molecule has 3 rings (SSSR count). The Labute approximate surface area is 137 Å². The van der Waals surface area contributed by atoms with Crippen LogP contribution >= 0.6 is 0 Å². The highest BCUT2D eigenvalue weighted by Gasteiger charge is 2.35. The summed E-state index contributed by atoms with van der Waals surface area (Å²) in [5.41, 5.74) is -1.28. The number of nitrogens with zero attached hydrogens (tertiary/aromatic N) is 3. The van der Waals surface area contributed by atoms with Crippen molar-refractivity contribution in [3.05, 3.63) is 53.3 Å². The molecule has 0 N–H and O–H groups in total. The lowest BCUT2D eigenvalue weighted by molar-refractivity contribution is -0.142. The lowest BCUT2D eigenvalue weighted by atomic mass is 10.1. The highest BCUT2D eigenvalue weighted by molar-refractivity contribution is 5.64. The van der Waals surface area contributed by atoms with Crippen LogP contribution in [0.25, 0.3) is 16.9 Å². The minimum Gasteiger partial charge on any atom is -0.228 e. The maximum atomic E-state index is 13.3. The second-order valence-corrected chi connectivity index (χ2v) is 5.36. The van der Waals surface area contributed by atoms with Crippen molar-refractivity contribution in [2.45, 2.75) is 25.7 Å². The van der Waals surface area contributed by atoms with Gasteiger partial charge in [0.15, 0.2) is 11.3 Å². The van der Waals surface area contributed by atoms with E-state index in [9.17, 15) is 26.3 Å². The first-order valence-corrected chi connectivity index (χ1v) is 7.23. The van der Waals surface area contributed by atoms with Crippen LogP contribution in [0.3, 0.4) is 0 Å². The number of hydrogen-bond donors (Lipinski definition) is 0. The van der Waals surface area contributed by atoms with Gasteiger partial charge in [-0.1, -0.05) is 19.1 Å². The monoisotopic (exact) mass is 359 g/mol. The lowest BCUT2D eigenvalue weighted by Crippen LogP contribution is -2.14. The predicted octanol–water partition coefficient (Wildman–Crippen LogP) is 5.00. The molecule has 0 amide bonds. The maximum absolute atomic E-state index is 13.3. The molecule has 25 heavy (non-hydrogen) atoms. The first-order valence-electron chi connectivity index (χ1n) is 7.23. The summed E-state index contributed by atoms with van der Waals surface area (Å²) in [5.74, 6) is 0. The summed E-state index contributed by atoms with van der Waals surface area (Å²) in [6.45, 7) is 1.75. The molecule has 0 unspecified atom stereocenters. The van der Waals surface area contributed by atoms with E-state index in [0.29, 0.717) is 16.5 Å². The third-order valence-electron chi connectivity index (χ3n) is 3.72. The van der Waals surface area contributed by atoms with Crippen LogP contribution in [0.4, 0.5) is 26.3 Å². The van der Waals surface area contributed by atoms with Crippen molar-refractivity contribution in [1.82, 2.24) is 14.6 Å². The fourth-order valence-electron chi connectivity index (χ4n) is 2.44. The summed E-state index contributed by atoms with van der Waals surface area (Å²) in [5, 5.41) is 3.72. The molecule has 3 nitrogen and oxygen atoms in total. The van der Waals surface area contributed by atoms with Crippen LogP contribution < -0.4 is 0 Å². The number of halogens is 6. The van der Waals surface area contributed by atoms with Crippen LogP contribution in [0.1, 0.15) is 23.7 Å². The topological polar surface area (TPSA) is 30.2 Å². The van der Waals surface area contributed by atoms with Gasteiger partial charge in [-0.2, -0.15) is 31.4 Å². The molecule has 0 fully saturated rings. The lowest BCUT2D eigenvalue weighted by Gasteiger charge is -2.12. The maximum Gasteiger partial charge on any atom is 0.433 e. The SMILES string of the molecule is CCc1cnn2c(C(F)(F)F)cc(-c3ccc(C(F)(F)F)cc3)nc12. The van der Waals surface area contributed by atoms with Gasteiger partial charge in [-0.05, 0) is 24.6 Å². The normalized spacial score (nSPS) is 12.8. The van der Waals surface area contributed by atoms with E-state index in [1.54, 1.807) is 6.92 Å². The minimum atomic E-state index is -4.68. The Morgan fingerprint density at radius 2 is 1.60 bits per heavy atom. The molecule has 0 spiro atoms. The van der Waals surface area contributed by atoms with Crippen molar-refractivity contribution in [3.8, 4) is 11.3 Å². The molecule has 0 saturated carbocycles. The zero-order chi connectivity index (χ0) is 18.4. The first kappa shape index (κ1) is 17.2. The summed E-state index contributed by atoms with van der Waals surface area (Å²) in [7, 11) is 0. The standard InChI is InChI=1S/C16H11F6N3/c1-2-9-8-23-25-13(16(20,21)22)7-12(24-14(9)25)10-3-5-11(6-4-10)15(17,18)19/h3-8H,2H2,1H3. The largest absolute Gasteiger partial charge is 0.433 e. The fraction of sp³-hybridized carbons (Fsp3) is 0.250. The summed E-state index contributed by atoms with van der Waals surface area (Å²) in [6.07, 6.45) is -7.48. The molecular weight excluding hydrogens is 348 g/mol. The van der Waals surface area contributed by atoms with Crippen molar-refractivity contribution in [3.63, 3.8) is 0 Å². The Hall–Kier alpha value is -2.58. The first-order chi connectivity index (χ1) is 11.6. The van der Waals surface area contributed by atoms with Crippen molar-refractivity contribution in [2.24, 2.45) is 0 Å². The van der Waals surface area contributed by atoms with E-state index >= 15 is 0 Å². The van der Waals surface area contributed by atoms with Crippen LogP contribution in [0.15, 0.2) is 36.5 Å². The number of aryl methyl sites for hydroxylation is 1. The second kappa shape index (κ2) is 5.75. The Morgan fingerprint density at radius 3 is 2.12 bits per heavy atom. The second-order valence-electron chi connectivity index (χ2n) is 5.36. The van der Waals surface area contributed by atoms with E-state index in [1.807, 2.05) is 0 Å². The average molecular weight is 359 g/mol. The van der Waals surface area contributed by atoms with Gasteiger partial charge in [-0.15, -0.1) is 0 Å². The summed E-state index contributed by atoms with van der Waals surface area (Å²) < 4.78 is 78.5. The van der Waals surface area contributed by atoms with Crippen LogP contribution in [0, 0.1) is 0 Å². The Bertz CT molecular complexity index is 906.